The molecule has 0 aliphatic carbocycles. The van der Waals surface area contributed by atoms with Crippen LogP contribution in [0.1, 0.15) is 18.9 Å². The van der Waals surface area contributed by atoms with Crippen molar-refractivity contribution < 1.29 is 14.5 Å². The lowest BCUT2D eigenvalue weighted by atomic mass is 10.1. The van der Waals surface area contributed by atoms with Crippen molar-refractivity contribution in [2.75, 3.05) is 6.61 Å². The standard InChI is InChI=1S/C14H13NO4/c1-3-9-19-14-8-6-5-7-11(14)10-12(15(17)18)13(16)4-2/h1,5-8,10H,4,9H2,2H3/b12-10+. The van der Waals surface area contributed by atoms with Gasteiger partial charge in [0, 0.05) is 18.1 Å². The van der Waals surface area contributed by atoms with Crippen LogP contribution in [0, 0.1) is 22.5 Å². The maximum absolute atomic E-state index is 11.5. The molecule has 0 unspecified atom stereocenters. The summed E-state index contributed by atoms with van der Waals surface area (Å²) in [5.41, 5.74) is -0.00879. The van der Waals surface area contributed by atoms with Crippen LogP contribution in [-0.4, -0.2) is 17.3 Å². The molecule has 0 bridgehead atoms. The molecule has 5 heteroatoms. The highest BCUT2D eigenvalue weighted by molar-refractivity contribution is 5.97. The Labute approximate surface area is 111 Å². The van der Waals surface area contributed by atoms with E-state index in [0.29, 0.717) is 11.3 Å². The van der Waals surface area contributed by atoms with E-state index < -0.39 is 16.4 Å². The predicted octanol–water partition coefficient (Wildman–Crippen LogP) is 2.30. The summed E-state index contributed by atoms with van der Waals surface area (Å²) in [7, 11) is 0. The Morgan fingerprint density at radius 3 is 2.79 bits per heavy atom. The van der Waals surface area contributed by atoms with E-state index >= 15 is 0 Å². The molecule has 0 aromatic heterocycles. The Kier molecular flexibility index (Phi) is 5.30. The number of para-hydroxylation sites is 1. The quantitative estimate of drug-likeness (QED) is 0.340. The van der Waals surface area contributed by atoms with Crippen LogP contribution in [0.3, 0.4) is 0 Å². The Hall–Kier alpha value is -2.61. The molecular formula is C14H13NO4. The Bertz CT molecular complexity index is 555. The second-order valence-corrected chi connectivity index (χ2v) is 3.59. The summed E-state index contributed by atoms with van der Waals surface area (Å²) in [5.74, 6) is 2.19. The fraction of sp³-hybridized carbons (Fsp3) is 0.214. The number of Topliss-reactive ketones (excluding diaryl/α,β-unsaturated/α-hetero) is 1. The van der Waals surface area contributed by atoms with Gasteiger partial charge in [0.15, 0.2) is 0 Å². The molecule has 0 amide bonds. The first-order valence-electron chi connectivity index (χ1n) is 5.64. The number of ketones is 1. The van der Waals surface area contributed by atoms with Gasteiger partial charge in [0.1, 0.15) is 12.4 Å². The van der Waals surface area contributed by atoms with E-state index in [-0.39, 0.29) is 13.0 Å². The van der Waals surface area contributed by atoms with Gasteiger partial charge in [0.2, 0.25) is 5.78 Å². The molecule has 0 heterocycles. The molecule has 0 radical (unpaired) electrons. The average molecular weight is 259 g/mol. The molecule has 1 rings (SSSR count). The number of allylic oxidation sites excluding steroid dienone is 1. The van der Waals surface area contributed by atoms with Gasteiger partial charge in [-0.2, -0.15) is 0 Å². The number of nitrogens with zero attached hydrogens (tertiary/aromatic N) is 1. The first-order valence-corrected chi connectivity index (χ1v) is 5.64. The summed E-state index contributed by atoms with van der Waals surface area (Å²) in [6.07, 6.45) is 6.37. The lowest BCUT2D eigenvalue weighted by molar-refractivity contribution is -0.417. The summed E-state index contributed by atoms with van der Waals surface area (Å²) in [5, 5.41) is 10.9. The molecule has 0 atom stereocenters. The molecule has 19 heavy (non-hydrogen) atoms. The summed E-state index contributed by atoms with van der Waals surface area (Å²) in [6, 6.07) is 6.68. The minimum atomic E-state index is -0.691. The minimum Gasteiger partial charge on any atom is -0.480 e. The second kappa shape index (κ2) is 6.97. The Morgan fingerprint density at radius 2 is 2.21 bits per heavy atom. The molecule has 0 fully saturated rings. The molecule has 0 N–H and O–H groups in total. The van der Waals surface area contributed by atoms with Crippen LogP contribution < -0.4 is 4.74 Å². The van der Waals surface area contributed by atoms with Crippen molar-refractivity contribution in [3.8, 4) is 18.1 Å². The number of hydrogen-bond donors (Lipinski definition) is 0. The van der Waals surface area contributed by atoms with Gasteiger partial charge in [-0.1, -0.05) is 31.0 Å². The van der Waals surface area contributed by atoms with Gasteiger partial charge in [-0.15, -0.1) is 6.42 Å². The van der Waals surface area contributed by atoms with Gasteiger partial charge in [0.05, 0.1) is 4.92 Å². The van der Waals surface area contributed by atoms with E-state index in [4.69, 9.17) is 11.2 Å². The van der Waals surface area contributed by atoms with Crippen molar-refractivity contribution in [3.05, 3.63) is 45.6 Å². The number of rotatable bonds is 6. The number of nitro groups is 1. The number of hydrogen-bond acceptors (Lipinski definition) is 4. The zero-order valence-corrected chi connectivity index (χ0v) is 10.5. The summed E-state index contributed by atoms with van der Waals surface area (Å²) in [6.45, 7) is 1.63. The first kappa shape index (κ1) is 14.5. The molecule has 0 spiro atoms. The highest BCUT2D eigenvalue weighted by Gasteiger charge is 2.20. The van der Waals surface area contributed by atoms with Gasteiger partial charge in [0.25, 0.3) is 0 Å². The molecule has 0 saturated heterocycles. The zero-order chi connectivity index (χ0) is 14.3. The number of benzene rings is 1. The Morgan fingerprint density at radius 1 is 1.53 bits per heavy atom. The van der Waals surface area contributed by atoms with Gasteiger partial charge in [-0.25, -0.2) is 0 Å². The van der Waals surface area contributed by atoms with E-state index in [1.165, 1.54) is 6.08 Å². The van der Waals surface area contributed by atoms with E-state index in [9.17, 15) is 14.9 Å². The maximum atomic E-state index is 11.5. The molecule has 0 aliphatic heterocycles. The topological polar surface area (TPSA) is 69.4 Å². The van der Waals surface area contributed by atoms with E-state index in [1.807, 2.05) is 0 Å². The number of terminal acetylenes is 1. The minimum absolute atomic E-state index is 0.0559. The monoisotopic (exact) mass is 259 g/mol. The molecule has 5 nitrogen and oxygen atoms in total. The maximum Gasteiger partial charge on any atom is 0.312 e. The van der Waals surface area contributed by atoms with Crippen molar-refractivity contribution >= 4 is 11.9 Å². The Balaban J connectivity index is 3.17. The van der Waals surface area contributed by atoms with Crippen LogP contribution in [0.5, 0.6) is 5.75 Å². The third-order valence-electron chi connectivity index (χ3n) is 2.33. The SMILES string of the molecule is C#CCOc1ccccc1/C=C(\C(=O)CC)[N+](=O)[O-]. The van der Waals surface area contributed by atoms with Crippen molar-refractivity contribution in [2.24, 2.45) is 0 Å². The fourth-order valence-electron chi connectivity index (χ4n) is 1.41. The third kappa shape index (κ3) is 3.96. The van der Waals surface area contributed by atoms with Crippen LogP contribution in [0.2, 0.25) is 0 Å². The fourth-order valence-corrected chi connectivity index (χ4v) is 1.41. The van der Waals surface area contributed by atoms with Crippen LogP contribution in [0.15, 0.2) is 30.0 Å². The normalized spacial score (nSPS) is 10.6. The van der Waals surface area contributed by atoms with Crippen molar-refractivity contribution in [1.82, 2.24) is 0 Å². The smallest absolute Gasteiger partial charge is 0.312 e. The predicted molar refractivity (Wildman–Crippen MR) is 71.0 cm³/mol. The van der Waals surface area contributed by atoms with Crippen molar-refractivity contribution in [3.63, 3.8) is 0 Å². The highest BCUT2D eigenvalue weighted by atomic mass is 16.6. The van der Waals surface area contributed by atoms with Gasteiger partial charge < -0.3 is 4.74 Å². The van der Waals surface area contributed by atoms with E-state index in [0.717, 1.165) is 0 Å². The third-order valence-corrected chi connectivity index (χ3v) is 2.33. The number of ether oxygens (including phenoxy) is 1. The van der Waals surface area contributed by atoms with Gasteiger partial charge >= 0.3 is 5.70 Å². The first-order chi connectivity index (χ1) is 9.10. The molecule has 0 aliphatic rings. The number of carbonyl (C=O) groups is 1. The highest BCUT2D eigenvalue weighted by Crippen LogP contribution is 2.21. The van der Waals surface area contributed by atoms with E-state index in [1.54, 1.807) is 31.2 Å². The van der Waals surface area contributed by atoms with Crippen LogP contribution >= 0.6 is 0 Å². The average Bonchev–Trinajstić information content (AvgIpc) is 2.42. The lowest BCUT2D eigenvalue weighted by Crippen LogP contribution is -2.10. The van der Waals surface area contributed by atoms with E-state index in [2.05, 4.69) is 5.92 Å². The van der Waals surface area contributed by atoms with Crippen molar-refractivity contribution in [2.45, 2.75) is 13.3 Å². The van der Waals surface area contributed by atoms with Gasteiger partial charge in [-0.3, -0.25) is 14.9 Å². The van der Waals surface area contributed by atoms with Crippen molar-refractivity contribution in [1.29, 1.82) is 0 Å². The molecular weight excluding hydrogens is 246 g/mol. The summed E-state index contributed by atoms with van der Waals surface area (Å²) < 4.78 is 5.27. The summed E-state index contributed by atoms with van der Waals surface area (Å²) >= 11 is 0. The lowest BCUT2D eigenvalue weighted by Gasteiger charge is -2.05. The second-order valence-electron chi connectivity index (χ2n) is 3.59. The zero-order valence-electron chi connectivity index (χ0n) is 10.5. The van der Waals surface area contributed by atoms with Gasteiger partial charge in [-0.05, 0) is 6.07 Å². The molecule has 0 saturated carbocycles. The molecule has 1 aromatic rings. The molecule has 98 valence electrons. The summed E-state index contributed by atoms with van der Waals surface area (Å²) in [4.78, 5) is 21.7. The van der Waals surface area contributed by atoms with Crippen LogP contribution in [0.4, 0.5) is 0 Å². The molecule has 1 aromatic carbocycles. The van der Waals surface area contributed by atoms with Crippen LogP contribution in [-0.2, 0) is 4.79 Å². The largest absolute Gasteiger partial charge is 0.480 e. The van der Waals surface area contributed by atoms with Crippen LogP contribution in [0.25, 0.3) is 6.08 Å². The number of carbonyl (C=O) groups excluding carboxylic acids is 1.